The number of aromatic nitrogens is 1. The molecule has 1 aromatic carbocycles. The van der Waals surface area contributed by atoms with Gasteiger partial charge in [0, 0.05) is 11.4 Å². The molecule has 0 saturated carbocycles. The van der Waals surface area contributed by atoms with E-state index >= 15 is 0 Å². The molecule has 0 aliphatic heterocycles. The Hall–Kier alpha value is -2.32. The lowest BCUT2D eigenvalue weighted by Gasteiger charge is -2.09. The van der Waals surface area contributed by atoms with Gasteiger partial charge < -0.3 is 5.32 Å². The molecule has 2 aromatic rings. The van der Waals surface area contributed by atoms with Crippen molar-refractivity contribution in [2.24, 2.45) is 0 Å². The topological polar surface area (TPSA) is 65.8 Å². The molecule has 118 valence electrons. The van der Waals surface area contributed by atoms with Crippen LogP contribution >= 0.6 is 11.8 Å². The molecule has 1 N–H and O–H groups in total. The Morgan fingerprint density at radius 1 is 1.17 bits per heavy atom. The second kappa shape index (κ2) is 7.30. The average Bonchev–Trinajstić information content (AvgIpc) is 2.43. The number of carbonyl (C=O) groups excluding carboxylic acids is 1. The summed E-state index contributed by atoms with van der Waals surface area (Å²) in [5.74, 6) is 0.113. The van der Waals surface area contributed by atoms with Crippen LogP contribution in [0.1, 0.15) is 27.9 Å². The molecule has 0 spiro atoms. The number of nitriles is 1. The number of nitrogens with one attached hydrogen (secondary N) is 1. The number of aryl methyl sites for hydroxylation is 4. The molecule has 5 heteroatoms. The van der Waals surface area contributed by atoms with Crippen LogP contribution in [-0.2, 0) is 4.79 Å². The Bertz CT molecular complexity index is 773. The maximum absolute atomic E-state index is 12.1. The Labute approximate surface area is 140 Å². The molecule has 0 fully saturated rings. The molecule has 0 saturated heterocycles. The number of amides is 1. The maximum atomic E-state index is 12.1. The van der Waals surface area contributed by atoms with Crippen molar-refractivity contribution < 1.29 is 4.79 Å². The van der Waals surface area contributed by atoms with Crippen molar-refractivity contribution in [2.75, 3.05) is 11.1 Å². The second-order valence-corrected chi connectivity index (χ2v) is 6.55. The Morgan fingerprint density at radius 2 is 1.83 bits per heavy atom. The molecule has 1 heterocycles. The first-order valence-corrected chi connectivity index (χ1v) is 8.27. The van der Waals surface area contributed by atoms with Gasteiger partial charge in [0.15, 0.2) is 0 Å². The van der Waals surface area contributed by atoms with Gasteiger partial charge in [-0.2, -0.15) is 5.26 Å². The van der Waals surface area contributed by atoms with E-state index in [0.717, 1.165) is 28.1 Å². The first-order valence-electron chi connectivity index (χ1n) is 7.28. The van der Waals surface area contributed by atoms with Crippen LogP contribution in [0.3, 0.4) is 0 Å². The zero-order valence-corrected chi connectivity index (χ0v) is 14.5. The van der Waals surface area contributed by atoms with Crippen LogP contribution in [0.2, 0.25) is 0 Å². The van der Waals surface area contributed by atoms with Crippen LogP contribution in [0, 0.1) is 39.0 Å². The number of benzene rings is 1. The molecule has 0 atom stereocenters. The van der Waals surface area contributed by atoms with Gasteiger partial charge in [0.25, 0.3) is 0 Å². The highest BCUT2D eigenvalue weighted by atomic mass is 32.2. The maximum Gasteiger partial charge on any atom is 0.234 e. The Balaban J connectivity index is 2.06. The molecule has 23 heavy (non-hydrogen) atoms. The third kappa shape index (κ3) is 4.57. The Kier molecular flexibility index (Phi) is 5.41. The summed E-state index contributed by atoms with van der Waals surface area (Å²) < 4.78 is 0. The molecule has 0 aliphatic carbocycles. The van der Waals surface area contributed by atoms with Crippen LogP contribution < -0.4 is 5.32 Å². The summed E-state index contributed by atoms with van der Waals surface area (Å²) in [5.41, 5.74) is 5.28. The second-order valence-electron chi connectivity index (χ2n) is 5.59. The van der Waals surface area contributed by atoms with Crippen LogP contribution in [0.25, 0.3) is 0 Å². The summed E-state index contributed by atoms with van der Waals surface area (Å²) in [7, 11) is 0. The van der Waals surface area contributed by atoms with E-state index in [1.54, 1.807) is 0 Å². The number of anilines is 1. The zero-order valence-electron chi connectivity index (χ0n) is 13.7. The quantitative estimate of drug-likeness (QED) is 0.865. The minimum Gasteiger partial charge on any atom is -0.325 e. The van der Waals surface area contributed by atoms with Crippen molar-refractivity contribution in [1.29, 1.82) is 5.26 Å². The number of pyridine rings is 1. The molecular weight excluding hydrogens is 306 g/mol. The number of thioether (sulfide) groups is 1. The highest BCUT2D eigenvalue weighted by Crippen LogP contribution is 2.24. The third-order valence-electron chi connectivity index (χ3n) is 3.27. The number of carbonyl (C=O) groups is 1. The van der Waals surface area contributed by atoms with E-state index in [4.69, 9.17) is 0 Å². The summed E-state index contributed by atoms with van der Waals surface area (Å²) in [6, 6.07) is 9.97. The van der Waals surface area contributed by atoms with Crippen LogP contribution in [-0.4, -0.2) is 16.6 Å². The monoisotopic (exact) mass is 325 g/mol. The smallest absolute Gasteiger partial charge is 0.234 e. The van der Waals surface area contributed by atoms with Gasteiger partial charge in [-0.15, -0.1) is 0 Å². The molecule has 1 aromatic heterocycles. The minimum absolute atomic E-state index is 0.107. The molecule has 0 radical (unpaired) electrons. The number of hydrogen-bond donors (Lipinski definition) is 1. The zero-order chi connectivity index (χ0) is 17.0. The van der Waals surface area contributed by atoms with Crippen molar-refractivity contribution in [3.05, 3.63) is 52.2 Å². The van der Waals surface area contributed by atoms with E-state index in [2.05, 4.69) is 22.4 Å². The van der Waals surface area contributed by atoms with Gasteiger partial charge in [0.05, 0.1) is 11.3 Å². The normalized spacial score (nSPS) is 10.2. The fourth-order valence-electron chi connectivity index (χ4n) is 2.42. The molecule has 4 nitrogen and oxygen atoms in total. The highest BCUT2D eigenvalue weighted by Gasteiger charge is 2.11. The SMILES string of the molecule is Cc1cc(C)cc(NC(=O)CSc2nc(C)cc(C)c2C#N)c1. The van der Waals surface area contributed by atoms with Crippen molar-refractivity contribution in [2.45, 2.75) is 32.7 Å². The van der Waals surface area contributed by atoms with Crippen molar-refractivity contribution in [3.8, 4) is 6.07 Å². The highest BCUT2D eigenvalue weighted by molar-refractivity contribution is 8.00. The van der Waals surface area contributed by atoms with E-state index in [9.17, 15) is 10.1 Å². The van der Waals surface area contributed by atoms with Crippen LogP contribution in [0.5, 0.6) is 0 Å². The molecule has 1 amide bonds. The summed E-state index contributed by atoms with van der Waals surface area (Å²) in [6.07, 6.45) is 0. The average molecular weight is 325 g/mol. The summed E-state index contributed by atoms with van der Waals surface area (Å²) in [6.45, 7) is 7.76. The van der Waals surface area contributed by atoms with Crippen LogP contribution in [0.15, 0.2) is 29.3 Å². The largest absolute Gasteiger partial charge is 0.325 e. The number of nitrogens with zero attached hydrogens (tertiary/aromatic N) is 2. The van der Waals surface area contributed by atoms with Gasteiger partial charge >= 0.3 is 0 Å². The first-order chi connectivity index (χ1) is 10.9. The lowest BCUT2D eigenvalue weighted by Crippen LogP contribution is -2.14. The van der Waals surface area contributed by atoms with Gasteiger partial charge in [0.2, 0.25) is 5.91 Å². The van der Waals surface area contributed by atoms with E-state index in [1.807, 2.05) is 45.9 Å². The van der Waals surface area contributed by atoms with E-state index < -0.39 is 0 Å². The predicted molar refractivity (Wildman–Crippen MR) is 93.7 cm³/mol. The standard InChI is InChI=1S/C18H19N3OS/c1-11-5-12(2)7-15(6-11)21-17(22)10-23-18-16(9-19)13(3)8-14(4)20-18/h5-8H,10H2,1-4H3,(H,21,22). The Morgan fingerprint density at radius 3 is 2.43 bits per heavy atom. The molecule has 0 aliphatic rings. The summed E-state index contributed by atoms with van der Waals surface area (Å²) in [5, 5.41) is 12.7. The fraction of sp³-hybridized carbons (Fsp3) is 0.278. The molecule has 2 rings (SSSR count). The molecule has 0 unspecified atom stereocenters. The summed E-state index contributed by atoms with van der Waals surface area (Å²) in [4.78, 5) is 16.5. The van der Waals surface area contributed by atoms with Gasteiger partial charge in [-0.25, -0.2) is 4.98 Å². The van der Waals surface area contributed by atoms with Crippen molar-refractivity contribution in [1.82, 2.24) is 4.98 Å². The molecular formula is C18H19N3OS. The van der Waals surface area contributed by atoms with E-state index in [1.165, 1.54) is 11.8 Å². The van der Waals surface area contributed by atoms with Gasteiger partial charge in [0.1, 0.15) is 11.1 Å². The first kappa shape index (κ1) is 17.0. The predicted octanol–water partition coefficient (Wildman–Crippen LogP) is 3.92. The minimum atomic E-state index is -0.107. The van der Waals surface area contributed by atoms with Crippen molar-refractivity contribution in [3.63, 3.8) is 0 Å². The van der Waals surface area contributed by atoms with E-state index in [0.29, 0.717) is 10.6 Å². The lowest BCUT2D eigenvalue weighted by atomic mass is 10.1. The third-order valence-corrected chi connectivity index (χ3v) is 4.24. The van der Waals surface area contributed by atoms with Crippen molar-refractivity contribution >= 4 is 23.4 Å². The summed E-state index contributed by atoms with van der Waals surface area (Å²) >= 11 is 1.29. The fourth-order valence-corrected chi connectivity index (χ4v) is 3.32. The van der Waals surface area contributed by atoms with Gasteiger partial charge in [-0.05, 0) is 62.6 Å². The van der Waals surface area contributed by atoms with E-state index in [-0.39, 0.29) is 11.7 Å². The van der Waals surface area contributed by atoms with Crippen LogP contribution in [0.4, 0.5) is 5.69 Å². The molecule has 0 bridgehead atoms. The van der Waals surface area contributed by atoms with Gasteiger partial charge in [-0.1, -0.05) is 17.8 Å². The van der Waals surface area contributed by atoms with Gasteiger partial charge in [-0.3, -0.25) is 4.79 Å². The lowest BCUT2D eigenvalue weighted by molar-refractivity contribution is -0.113. The number of rotatable bonds is 4. The number of hydrogen-bond acceptors (Lipinski definition) is 4.